The van der Waals surface area contributed by atoms with Crippen LogP contribution in [0.2, 0.25) is 10.0 Å². The van der Waals surface area contributed by atoms with E-state index in [2.05, 4.69) is 10.0 Å². The Morgan fingerprint density at radius 1 is 1.04 bits per heavy atom. The number of carbonyl (C=O) groups excluding carboxylic acids is 1. The Morgan fingerprint density at radius 2 is 1.71 bits per heavy atom. The SMILES string of the molecule is COc1cc(OC)c(NS(=O)(=O)c2ccc(Cl)c(C(=O)NC3CC3)c2)cc1Cl. The maximum absolute atomic E-state index is 12.8. The summed E-state index contributed by atoms with van der Waals surface area (Å²) in [7, 11) is -1.21. The normalized spacial score (nSPS) is 13.7. The number of carbonyl (C=O) groups is 1. The van der Waals surface area contributed by atoms with Gasteiger partial charge in [0.05, 0.1) is 40.4 Å². The van der Waals surface area contributed by atoms with Crippen molar-refractivity contribution in [3.8, 4) is 11.5 Å². The molecular weight excluding hydrogens is 427 g/mol. The smallest absolute Gasteiger partial charge is 0.262 e. The number of benzene rings is 2. The third kappa shape index (κ3) is 4.45. The van der Waals surface area contributed by atoms with E-state index in [0.717, 1.165) is 12.8 Å². The molecule has 0 saturated heterocycles. The van der Waals surface area contributed by atoms with Gasteiger partial charge in [-0.3, -0.25) is 9.52 Å². The number of nitrogens with one attached hydrogen (secondary N) is 2. The van der Waals surface area contributed by atoms with E-state index in [0.29, 0.717) is 5.75 Å². The lowest BCUT2D eigenvalue weighted by Gasteiger charge is -2.15. The Morgan fingerprint density at radius 3 is 2.32 bits per heavy atom. The molecule has 0 aromatic heterocycles. The van der Waals surface area contributed by atoms with Crippen molar-refractivity contribution in [1.29, 1.82) is 0 Å². The monoisotopic (exact) mass is 444 g/mol. The Kier molecular flexibility index (Phi) is 5.92. The number of halogens is 2. The molecule has 2 aromatic rings. The summed E-state index contributed by atoms with van der Waals surface area (Å²) in [4.78, 5) is 12.2. The molecule has 2 aromatic carbocycles. The van der Waals surface area contributed by atoms with Gasteiger partial charge in [0, 0.05) is 12.1 Å². The molecule has 10 heteroatoms. The number of amides is 1. The van der Waals surface area contributed by atoms with Gasteiger partial charge in [0.15, 0.2) is 0 Å². The summed E-state index contributed by atoms with van der Waals surface area (Å²) in [5.41, 5.74) is 0.225. The molecule has 0 radical (unpaired) electrons. The number of ether oxygens (including phenoxy) is 2. The van der Waals surface area contributed by atoms with Crippen LogP contribution in [0.3, 0.4) is 0 Å². The van der Waals surface area contributed by atoms with Gasteiger partial charge in [-0.05, 0) is 37.1 Å². The maximum Gasteiger partial charge on any atom is 0.262 e. The Labute approximate surface area is 173 Å². The minimum Gasteiger partial charge on any atom is -0.495 e. The highest BCUT2D eigenvalue weighted by Gasteiger charge is 2.26. The second-order valence-electron chi connectivity index (χ2n) is 6.18. The molecule has 7 nitrogen and oxygen atoms in total. The van der Waals surface area contributed by atoms with E-state index in [9.17, 15) is 13.2 Å². The summed E-state index contributed by atoms with van der Waals surface area (Å²) in [5, 5.41) is 3.17. The number of rotatable bonds is 7. The van der Waals surface area contributed by atoms with Crippen LogP contribution in [0.15, 0.2) is 35.2 Å². The molecule has 28 heavy (non-hydrogen) atoms. The van der Waals surface area contributed by atoms with Crippen LogP contribution in [0.4, 0.5) is 5.69 Å². The van der Waals surface area contributed by atoms with Gasteiger partial charge in [0.25, 0.3) is 15.9 Å². The topological polar surface area (TPSA) is 93.7 Å². The predicted molar refractivity (Wildman–Crippen MR) is 107 cm³/mol. The van der Waals surface area contributed by atoms with Crippen LogP contribution < -0.4 is 19.5 Å². The highest BCUT2D eigenvalue weighted by molar-refractivity contribution is 7.92. The van der Waals surface area contributed by atoms with Gasteiger partial charge >= 0.3 is 0 Å². The van der Waals surface area contributed by atoms with Crippen LogP contribution in [0.1, 0.15) is 23.2 Å². The molecule has 0 spiro atoms. The number of anilines is 1. The first-order chi connectivity index (χ1) is 13.2. The van der Waals surface area contributed by atoms with Crippen molar-refractivity contribution in [2.24, 2.45) is 0 Å². The van der Waals surface area contributed by atoms with Gasteiger partial charge in [0.1, 0.15) is 11.5 Å². The van der Waals surface area contributed by atoms with Gasteiger partial charge in [-0.1, -0.05) is 23.2 Å². The molecule has 0 aliphatic heterocycles. The van der Waals surface area contributed by atoms with Gasteiger partial charge in [-0.25, -0.2) is 8.42 Å². The van der Waals surface area contributed by atoms with Crippen molar-refractivity contribution in [3.63, 3.8) is 0 Å². The molecule has 0 bridgehead atoms. The van der Waals surface area contributed by atoms with E-state index in [1.54, 1.807) is 0 Å². The minimum absolute atomic E-state index is 0.0937. The lowest BCUT2D eigenvalue weighted by Crippen LogP contribution is -2.26. The van der Waals surface area contributed by atoms with Crippen LogP contribution >= 0.6 is 23.2 Å². The van der Waals surface area contributed by atoms with Crippen LogP contribution in [0, 0.1) is 0 Å². The maximum atomic E-state index is 12.8. The van der Waals surface area contributed by atoms with E-state index in [1.165, 1.54) is 44.6 Å². The summed E-state index contributed by atoms with van der Waals surface area (Å²) in [6, 6.07) is 6.89. The highest BCUT2D eigenvalue weighted by Crippen LogP contribution is 2.37. The zero-order valence-corrected chi connectivity index (χ0v) is 17.4. The zero-order chi connectivity index (χ0) is 20.5. The number of hydrogen-bond donors (Lipinski definition) is 2. The second-order valence-corrected chi connectivity index (χ2v) is 8.68. The van der Waals surface area contributed by atoms with E-state index < -0.39 is 15.9 Å². The van der Waals surface area contributed by atoms with Gasteiger partial charge in [0.2, 0.25) is 0 Å². The Bertz CT molecular complexity index is 1020. The summed E-state index contributed by atoms with van der Waals surface area (Å²) < 4.78 is 38.4. The Hall–Kier alpha value is -2.16. The number of methoxy groups -OCH3 is 2. The van der Waals surface area contributed by atoms with Crippen molar-refractivity contribution < 1.29 is 22.7 Å². The van der Waals surface area contributed by atoms with E-state index in [1.807, 2.05) is 0 Å². The largest absolute Gasteiger partial charge is 0.495 e. The molecule has 0 atom stereocenters. The predicted octanol–water partition coefficient (Wildman–Crippen LogP) is 3.70. The quantitative estimate of drug-likeness (QED) is 0.678. The average Bonchev–Trinajstić information content (AvgIpc) is 3.45. The van der Waals surface area contributed by atoms with Crippen molar-refractivity contribution >= 4 is 44.8 Å². The fraction of sp³-hybridized carbons (Fsp3) is 0.278. The molecular formula is C18H18Cl2N2O5S. The van der Waals surface area contributed by atoms with Crippen molar-refractivity contribution in [2.75, 3.05) is 18.9 Å². The summed E-state index contributed by atoms with van der Waals surface area (Å²) in [5.74, 6) is 0.159. The Balaban J connectivity index is 1.93. The first kappa shape index (κ1) is 20.6. The van der Waals surface area contributed by atoms with E-state index in [4.69, 9.17) is 32.7 Å². The minimum atomic E-state index is -4.04. The molecule has 3 rings (SSSR count). The first-order valence-electron chi connectivity index (χ1n) is 8.30. The summed E-state index contributed by atoms with van der Waals surface area (Å²) in [6.45, 7) is 0. The van der Waals surface area contributed by atoms with Crippen LogP contribution in [0.5, 0.6) is 11.5 Å². The standard InChI is InChI=1S/C18H18Cl2N2O5S/c1-26-16-9-17(27-2)15(8-14(16)20)22-28(24,25)11-5-6-13(19)12(7-11)18(23)21-10-3-4-10/h5-10,22H,3-4H2,1-2H3,(H,21,23). The lowest BCUT2D eigenvalue weighted by atomic mass is 10.2. The molecule has 2 N–H and O–H groups in total. The van der Waals surface area contributed by atoms with E-state index in [-0.39, 0.29) is 38.0 Å². The number of sulfonamides is 1. The summed E-state index contributed by atoms with van der Waals surface area (Å²) >= 11 is 12.2. The molecule has 0 heterocycles. The highest BCUT2D eigenvalue weighted by atomic mass is 35.5. The fourth-order valence-electron chi connectivity index (χ4n) is 2.48. The van der Waals surface area contributed by atoms with Crippen molar-refractivity contribution in [2.45, 2.75) is 23.8 Å². The first-order valence-corrected chi connectivity index (χ1v) is 10.5. The molecule has 1 amide bonds. The molecule has 150 valence electrons. The fourth-order valence-corrected chi connectivity index (χ4v) is 4.01. The molecule has 1 saturated carbocycles. The molecule has 0 unspecified atom stereocenters. The summed E-state index contributed by atoms with van der Waals surface area (Å²) in [6.07, 6.45) is 1.81. The van der Waals surface area contributed by atoms with Crippen molar-refractivity contribution in [3.05, 3.63) is 45.9 Å². The van der Waals surface area contributed by atoms with Gasteiger partial charge < -0.3 is 14.8 Å². The lowest BCUT2D eigenvalue weighted by molar-refractivity contribution is 0.0951. The van der Waals surface area contributed by atoms with Gasteiger partial charge in [-0.15, -0.1) is 0 Å². The number of hydrogen-bond acceptors (Lipinski definition) is 5. The van der Waals surface area contributed by atoms with Crippen LogP contribution in [-0.2, 0) is 10.0 Å². The molecule has 1 aliphatic rings. The van der Waals surface area contributed by atoms with Gasteiger partial charge in [-0.2, -0.15) is 0 Å². The van der Waals surface area contributed by atoms with E-state index >= 15 is 0 Å². The van der Waals surface area contributed by atoms with Crippen LogP contribution in [-0.4, -0.2) is 34.6 Å². The second kappa shape index (κ2) is 8.06. The van der Waals surface area contributed by atoms with Crippen molar-refractivity contribution in [1.82, 2.24) is 5.32 Å². The molecule has 1 aliphatic carbocycles. The third-order valence-corrected chi connectivity index (χ3v) is 6.11. The third-order valence-electron chi connectivity index (χ3n) is 4.12. The molecule has 1 fully saturated rings. The average molecular weight is 445 g/mol. The van der Waals surface area contributed by atoms with Crippen LogP contribution in [0.25, 0.3) is 0 Å². The zero-order valence-electron chi connectivity index (χ0n) is 15.1.